The second-order valence-electron chi connectivity index (χ2n) is 5.07. The second kappa shape index (κ2) is 6.89. The molecule has 2 aromatic carbocycles. The Morgan fingerprint density at radius 2 is 1.90 bits per heavy atom. The Hall–Kier alpha value is -2.35. The van der Waals surface area contributed by atoms with Crippen molar-refractivity contribution >= 4 is 11.9 Å². The van der Waals surface area contributed by atoms with E-state index in [0.29, 0.717) is 0 Å². The Bertz CT molecular complexity index is 669. The summed E-state index contributed by atoms with van der Waals surface area (Å²) in [6.07, 6.45) is 3.92. The van der Waals surface area contributed by atoms with Gasteiger partial charge < -0.3 is 4.74 Å². The van der Waals surface area contributed by atoms with Gasteiger partial charge in [0.1, 0.15) is 5.75 Å². The number of ketones is 1. The predicted octanol–water partition coefficient (Wildman–Crippen LogP) is 4.60. The maximum Gasteiger partial charge on any atom is 0.200 e. The van der Waals surface area contributed by atoms with E-state index >= 15 is 0 Å². The standard InChI is InChI=1S/C19H20O2/c1-4-7-16-8-5-6-9-19(16)21-13-18(20)17-11-10-14(2)12-15(17)3/h4-12H,13H2,1-3H3. The van der Waals surface area contributed by atoms with Crippen molar-refractivity contribution in [3.05, 3.63) is 70.8 Å². The first kappa shape index (κ1) is 15.0. The molecule has 0 radical (unpaired) electrons. The van der Waals surface area contributed by atoms with E-state index < -0.39 is 0 Å². The number of benzene rings is 2. The van der Waals surface area contributed by atoms with Crippen LogP contribution in [0.2, 0.25) is 0 Å². The van der Waals surface area contributed by atoms with Gasteiger partial charge in [0.2, 0.25) is 0 Å². The molecule has 0 bridgehead atoms. The summed E-state index contributed by atoms with van der Waals surface area (Å²) in [6.45, 7) is 5.98. The van der Waals surface area contributed by atoms with E-state index in [1.165, 1.54) is 0 Å². The summed E-state index contributed by atoms with van der Waals surface area (Å²) in [5.74, 6) is 0.733. The highest BCUT2D eigenvalue weighted by Gasteiger charge is 2.10. The molecular weight excluding hydrogens is 260 g/mol. The van der Waals surface area contributed by atoms with Crippen molar-refractivity contribution in [3.8, 4) is 5.75 Å². The van der Waals surface area contributed by atoms with Crippen molar-refractivity contribution in [1.29, 1.82) is 0 Å². The molecule has 0 spiro atoms. The number of allylic oxidation sites excluding steroid dienone is 1. The van der Waals surface area contributed by atoms with Crippen molar-refractivity contribution in [2.75, 3.05) is 6.61 Å². The van der Waals surface area contributed by atoms with Crippen molar-refractivity contribution in [3.63, 3.8) is 0 Å². The Morgan fingerprint density at radius 3 is 2.62 bits per heavy atom. The fraction of sp³-hybridized carbons (Fsp3) is 0.211. The number of Topliss-reactive ketones (excluding diaryl/α,β-unsaturated/α-hetero) is 1. The first-order valence-corrected chi connectivity index (χ1v) is 7.07. The Kier molecular flexibility index (Phi) is 4.94. The van der Waals surface area contributed by atoms with Gasteiger partial charge >= 0.3 is 0 Å². The highest BCUT2D eigenvalue weighted by atomic mass is 16.5. The van der Waals surface area contributed by atoms with E-state index in [1.54, 1.807) is 0 Å². The molecular formula is C19H20O2. The van der Waals surface area contributed by atoms with Gasteiger partial charge in [-0.25, -0.2) is 0 Å². The van der Waals surface area contributed by atoms with Crippen molar-refractivity contribution in [1.82, 2.24) is 0 Å². The maximum atomic E-state index is 12.3. The number of hydrogen-bond donors (Lipinski definition) is 0. The molecule has 2 heteroatoms. The molecule has 2 rings (SSSR count). The molecule has 0 saturated carbocycles. The molecule has 0 amide bonds. The highest BCUT2D eigenvalue weighted by Crippen LogP contribution is 2.20. The number of hydrogen-bond acceptors (Lipinski definition) is 2. The molecule has 0 heterocycles. The third kappa shape index (κ3) is 3.82. The van der Waals surface area contributed by atoms with Crippen LogP contribution < -0.4 is 4.74 Å². The lowest BCUT2D eigenvalue weighted by Gasteiger charge is -2.10. The lowest BCUT2D eigenvalue weighted by atomic mass is 10.0. The van der Waals surface area contributed by atoms with Gasteiger partial charge in [-0.1, -0.05) is 54.1 Å². The summed E-state index contributed by atoms with van der Waals surface area (Å²) in [5, 5.41) is 0. The van der Waals surface area contributed by atoms with Crippen molar-refractivity contribution in [2.24, 2.45) is 0 Å². The van der Waals surface area contributed by atoms with Crippen molar-refractivity contribution < 1.29 is 9.53 Å². The van der Waals surface area contributed by atoms with Crippen LogP contribution in [-0.2, 0) is 0 Å². The average Bonchev–Trinajstić information content (AvgIpc) is 2.46. The Balaban J connectivity index is 2.11. The molecule has 0 N–H and O–H groups in total. The smallest absolute Gasteiger partial charge is 0.200 e. The van der Waals surface area contributed by atoms with Gasteiger partial charge in [0, 0.05) is 11.1 Å². The van der Waals surface area contributed by atoms with Gasteiger partial charge in [-0.3, -0.25) is 4.79 Å². The average molecular weight is 280 g/mol. The zero-order valence-electron chi connectivity index (χ0n) is 12.7. The molecule has 21 heavy (non-hydrogen) atoms. The molecule has 2 aromatic rings. The summed E-state index contributed by atoms with van der Waals surface area (Å²) in [4.78, 5) is 12.3. The van der Waals surface area contributed by atoms with Crippen LogP contribution in [0.5, 0.6) is 5.75 Å². The largest absolute Gasteiger partial charge is 0.485 e. The van der Waals surface area contributed by atoms with E-state index in [2.05, 4.69) is 0 Å². The third-order valence-corrected chi connectivity index (χ3v) is 3.31. The normalized spacial score (nSPS) is 10.8. The molecule has 0 aliphatic heterocycles. The fourth-order valence-corrected chi connectivity index (χ4v) is 2.28. The number of carbonyl (C=O) groups is 1. The van der Waals surface area contributed by atoms with Crippen LogP contribution in [0.1, 0.15) is 34.0 Å². The van der Waals surface area contributed by atoms with Crippen molar-refractivity contribution in [2.45, 2.75) is 20.8 Å². The molecule has 0 aromatic heterocycles. The highest BCUT2D eigenvalue weighted by molar-refractivity contribution is 5.98. The van der Waals surface area contributed by atoms with Crippen LogP contribution in [0.4, 0.5) is 0 Å². The predicted molar refractivity (Wildman–Crippen MR) is 86.9 cm³/mol. The van der Waals surface area contributed by atoms with E-state index in [9.17, 15) is 4.79 Å². The summed E-state index contributed by atoms with van der Waals surface area (Å²) in [7, 11) is 0. The number of aryl methyl sites for hydroxylation is 2. The number of para-hydroxylation sites is 1. The molecule has 0 atom stereocenters. The molecule has 0 fully saturated rings. The second-order valence-corrected chi connectivity index (χ2v) is 5.07. The van der Waals surface area contributed by atoms with Crippen LogP contribution in [0.3, 0.4) is 0 Å². The molecule has 0 unspecified atom stereocenters. The quantitative estimate of drug-likeness (QED) is 0.748. The summed E-state index contributed by atoms with van der Waals surface area (Å²) < 4.78 is 5.69. The summed E-state index contributed by atoms with van der Waals surface area (Å²) in [5.41, 5.74) is 3.85. The third-order valence-electron chi connectivity index (χ3n) is 3.31. The minimum Gasteiger partial charge on any atom is -0.485 e. The van der Waals surface area contributed by atoms with Crippen LogP contribution >= 0.6 is 0 Å². The molecule has 0 saturated heterocycles. The van der Waals surface area contributed by atoms with Gasteiger partial charge in [0.15, 0.2) is 12.4 Å². The SMILES string of the molecule is CC=Cc1ccccc1OCC(=O)c1ccc(C)cc1C. The van der Waals surface area contributed by atoms with Gasteiger partial charge in [-0.2, -0.15) is 0 Å². The first-order chi connectivity index (χ1) is 10.1. The zero-order valence-corrected chi connectivity index (χ0v) is 12.7. The molecule has 0 aliphatic carbocycles. The Labute approximate surface area is 126 Å². The van der Waals surface area contributed by atoms with E-state index in [-0.39, 0.29) is 12.4 Å². The maximum absolute atomic E-state index is 12.3. The van der Waals surface area contributed by atoms with Crippen LogP contribution in [0, 0.1) is 13.8 Å². The molecule has 108 valence electrons. The lowest BCUT2D eigenvalue weighted by molar-refractivity contribution is 0.0921. The van der Waals surface area contributed by atoms with Gasteiger partial charge in [0.05, 0.1) is 0 Å². The monoisotopic (exact) mass is 280 g/mol. The first-order valence-electron chi connectivity index (χ1n) is 7.07. The van der Waals surface area contributed by atoms with E-state index in [4.69, 9.17) is 4.74 Å². The topological polar surface area (TPSA) is 26.3 Å². The molecule has 2 nitrogen and oxygen atoms in total. The zero-order chi connectivity index (χ0) is 15.2. The van der Waals surface area contributed by atoms with Crippen LogP contribution in [0.15, 0.2) is 48.5 Å². The van der Waals surface area contributed by atoms with Gasteiger partial charge in [0.25, 0.3) is 0 Å². The molecule has 0 aliphatic rings. The van der Waals surface area contributed by atoms with Crippen LogP contribution in [-0.4, -0.2) is 12.4 Å². The number of ether oxygens (including phenoxy) is 1. The van der Waals surface area contributed by atoms with Gasteiger partial charge in [-0.05, 0) is 32.4 Å². The van der Waals surface area contributed by atoms with E-state index in [0.717, 1.165) is 28.0 Å². The summed E-state index contributed by atoms with van der Waals surface area (Å²) in [6, 6.07) is 13.5. The van der Waals surface area contributed by atoms with Gasteiger partial charge in [-0.15, -0.1) is 0 Å². The van der Waals surface area contributed by atoms with E-state index in [1.807, 2.05) is 75.4 Å². The van der Waals surface area contributed by atoms with Crippen LogP contribution in [0.25, 0.3) is 6.08 Å². The summed E-state index contributed by atoms with van der Waals surface area (Å²) >= 11 is 0. The Morgan fingerprint density at radius 1 is 1.14 bits per heavy atom. The fourth-order valence-electron chi connectivity index (χ4n) is 2.28. The number of rotatable bonds is 5. The lowest BCUT2D eigenvalue weighted by Crippen LogP contribution is -2.13. The minimum atomic E-state index is 0.00258. The minimum absolute atomic E-state index is 0.00258. The number of carbonyl (C=O) groups excluding carboxylic acids is 1.